The summed E-state index contributed by atoms with van der Waals surface area (Å²) in [4.78, 5) is 39.0. The summed E-state index contributed by atoms with van der Waals surface area (Å²) in [6.07, 6.45) is 1.78. The number of nitrogens with zero attached hydrogens (tertiary/aromatic N) is 1. The molecule has 0 radical (unpaired) electrons. The predicted molar refractivity (Wildman–Crippen MR) is 96.1 cm³/mol. The molecular weight excluding hydrogens is 330 g/mol. The number of carbonyl (C=O) groups is 3. The van der Waals surface area contributed by atoms with Gasteiger partial charge in [0.25, 0.3) is 0 Å². The fraction of sp³-hybridized carbons (Fsp3) is 0.190. The van der Waals surface area contributed by atoms with Crippen LogP contribution in [0.4, 0.5) is 0 Å². The van der Waals surface area contributed by atoms with Crippen LogP contribution in [0.3, 0.4) is 0 Å². The maximum Gasteiger partial charge on any atom is 0.341 e. The van der Waals surface area contributed by atoms with Crippen LogP contribution in [0.2, 0.25) is 0 Å². The molecule has 0 spiro atoms. The number of pyridine rings is 1. The van der Waals surface area contributed by atoms with Crippen molar-refractivity contribution in [3.05, 3.63) is 75.6 Å². The van der Waals surface area contributed by atoms with Crippen molar-refractivity contribution in [3.63, 3.8) is 0 Å². The quantitative estimate of drug-likeness (QED) is 0.521. The van der Waals surface area contributed by atoms with Crippen LogP contribution in [0, 0.1) is 13.8 Å². The molecule has 0 saturated heterocycles. The van der Waals surface area contributed by atoms with Gasteiger partial charge in [0.1, 0.15) is 5.69 Å². The largest absolute Gasteiger partial charge is 0.462 e. The third-order valence-electron chi connectivity index (χ3n) is 4.69. The van der Waals surface area contributed by atoms with E-state index in [0.29, 0.717) is 16.6 Å². The minimum atomic E-state index is -0.585. The van der Waals surface area contributed by atoms with Crippen LogP contribution >= 0.6 is 0 Å². The van der Waals surface area contributed by atoms with Gasteiger partial charge in [-0.25, -0.2) is 4.79 Å². The second-order valence-corrected chi connectivity index (χ2v) is 6.44. The number of aryl methyl sites for hydroxylation is 2. The molecule has 0 amide bonds. The molecule has 1 aromatic carbocycles. The Bertz CT molecular complexity index is 1120. The van der Waals surface area contributed by atoms with E-state index in [1.54, 1.807) is 41.8 Å². The number of ketones is 2. The minimum Gasteiger partial charge on any atom is -0.462 e. The molecule has 130 valence electrons. The van der Waals surface area contributed by atoms with E-state index in [1.165, 1.54) is 0 Å². The Labute approximate surface area is 150 Å². The lowest BCUT2D eigenvalue weighted by Crippen LogP contribution is -2.23. The number of hydrogen-bond acceptors (Lipinski definition) is 4. The number of benzene rings is 1. The van der Waals surface area contributed by atoms with Crippen molar-refractivity contribution < 1.29 is 19.1 Å². The van der Waals surface area contributed by atoms with Gasteiger partial charge in [-0.3, -0.25) is 9.59 Å². The maximum absolute atomic E-state index is 13.2. The minimum absolute atomic E-state index is 0.140. The first-order chi connectivity index (χ1) is 12.5. The SMILES string of the molecule is CCOC(=O)c1c2c(n3cc(C)cc(C)c13)C(=O)c1ccccc1C2=O. The molecule has 2 heterocycles. The lowest BCUT2D eigenvalue weighted by atomic mass is 9.86. The van der Waals surface area contributed by atoms with Crippen molar-refractivity contribution in [1.29, 1.82) is 0 Å². The Kier molecular flexibility index (Phi) is 3.54. The van der Waals surface area contributed by atoms with Gasteiger partial charge in [-0.1, -0.05) is 30.3 Å². The van der Waals surface area contributed by atoms with E-state index < -0.39 is 5.97 Å². The highest BCUT2D eigenvalue weighted by Crippen LogP contribution is 2.35. The normalized spacial score (nSPS) is 12.9. The molecule has 0 fully saturated rings. The van der Waals surface area contributed by atoms with E-state index in [4.69, 9.17) is 4.74 Å². The van der Waals surface area contributed by atoms with Crippen LogP contribution < -0.4 is 0 Å². The Morgan fingerprint density at radius 2 is 1.73 bits per heavy atom. The molecule has 3 aromatic rings. The van der Waals surface area contributed by atoms with Gasteiger partial charge < -0.3 is 9.14 Å². The van der Waals surface area contributed by atoms with Gasteiger partial charge in [-0.05, 0) is 31.9 Å². The van der Waals surface area contributed by atoms with Crippen molar-refractivity contribution in [1.82, 2.24) is 4.40 Å². The average Bonchev–Trinajstić information content (AvgIpc) is 2.95. The third-order valence-corrected chi connectivity index (χ3v) is 4.69. The lowest BCUT2D eigenvalue weighted by Gasteiger charge is -2.15. The Hall–Kier alpha value is -3.21. The van der Waals surface area contributed by atoms with E-state index >= 15 is 0 Å². The Morgan fingerprint density at radius 1 is 1.08 bits per heavy atom. The van der Waals surface area contributed by atoms with Crippen molar-refractivity contribution in [3.8, 4) is 0 Å². The molecule has 0 bridgehead atoms. The zero-order valence-corrected chi connectivity index (χ0v) is 14.8. The van der Waals surface area contributed by atoms with Crippen LogP contribution in [-0.4, -0.2) is 28.5 Å². The molecule has 26 heavy (non-hydrogen) atoms. The van der Waals surface area contributed by atoms with E-state index in [-0.39, 0.29) is 35.0 Å². The van der Waals surface area contributed by atoms with Crippen LogP contribution in [0.1, 0.15) is 60.4 Å². The highest BCUT2D eigenvalue weighted by Gasteiger charge is 2.38. The molecule has 0 atom stereocenters. The maximum atomic E-state index is 13.2. The van der Waals surface area contributed by atoms with Crippen LogP contribution in [0.15, 0.2) is 36.5 Å². The first-order valence-electron chi connectivity index (χ1n) is 8.46. The number of ether oxygens (including phenoxy) is 1. The highest BCUT2D eigenvalue weighted by atomic mass is 16.5. The summed E-state index contributed by atoms with van der Waals surface area (Å²) in [6, 6.07) is 8.63. The summed E-state index contributed by atoms with van der Waals surface area (Å²) in [5.74, 6) is -1.16. The Balaban J connectivity index is 2.17. The van der Waals surface area contributed by atoms with Crippen molar-refractivity contribution in [2.24, 2.45) is 0 Å². The molecule has 4 rings (SSSR count). The Morgan fingerprint density at radius 3 is 2.38 bits per heavy atom. The first kappa shape index (κ1) is 16.3. The molecule has 0 aliphatic heterocycles. The molecular formula is C21H17NO4. The van der Waals surface area contributed by atoms with Crippen LogP contribution in [0.25, 0.3) is 5.52 Å². The molecule has 0 saturated carbocycles. The van der Waals surface area contributed by atoms with Gasteiger partial charge in [0.2, 0.25) is 5.78 Å². The number of carbonyl (C=O) groups excluding carboxylic acids is 3. The van der Waals surface area contributed by atoms with Gasteiger partial charge in [0.05, 0.1) is 23.3 Å². The molecule has 5 heteroatoms. The monoisotopic (exact) mass is 347 g/mol. The van der Waals surface area contributed by atoms with Gasteiger partial charge in [0, 0.05) is 17.3 Å². The summed E-state index contributed by atoms with van der Waals surface area (Å²) in [5.41, 5.74) is 3.52. The lowest BCUT2D eigenvalue weighted by molar-refractivity contribution is 0.0526. The van der Waals surface area contributed by atoms with Gasteiger partial charge >= 0.3 is 5.97 Å². The van der Waals surface area contributed by atoms with E-state index in [0.717, 1.165) is 11.1 Å². The molecule has 1 aliphatic carbocycles. The van der Waals surface area contributed by atoms with E-state index in [2.05, 4.69) is 0 Å². The second-order valence-electron chi connectivity index (χ2n) is 6.44. The van der Waals surface area contributed by atoms with Crippen molar-refractivity contribution in [2.75, 3.05) is 6.61 Å². The molecule has 2 aromatic heterocycles. The molecule has 0 N–H and O–H groups in total. The number of fused-ring (bicyclic) bond motifs is 4. The summed E-state index contributed by atoms with van der Waals surface area (Å²) >= 11 is 0. The van der Waals surface area contributed by atoms with Gasteiger partial charge in [-0.15, -0.1) is 0 Å². The summed E-state index contributed by atoms with van der Waals surface area (Å²) in [5, 5.41) is 0. The first-order valence-corrected chi connectivity index (χ1v) is 8.46. The summed E-state index contributed by atoms with van der Waals surface area (Å²) in [6.45, 7) is 5.67. The van der Waals surface area contributed by atoms with Gasteiger partial charge in [0.15, 0.2) is 5.78 Å². The van der Waals surface area contributed by atoms with Crippen LogP contribution in [-0.2, 0) is 4.74 Å². The average molecular weight is 347 g/mol. The zero-order valence-electron chi connectivity index (χ0n) is 14.8. The number of hydrogen-bond donors (Lipinski definition) is 0. The topological polar surface area (TPSA) is 64.8 Å². The zero-order chi connectivity index (χ0) is 18.6. The van der Waals surface area contributed by atoms with E-state index in [1.807, 2.05) is 19.9 Å². The number of aromatic nitrogens is 1. The van der Waals surface area contributed by atoms with Crippen molar-refractivity contribution in [2.45, 2.75) is 20.8 Å². The second kappa shape index (κ2) is 5.66. The standard InChI is InChI=1S/C21H17NO4/c1-4-26-21(25)16-15-18(22-10-11(2)9-12(3)17(16)22)20(24)14-8-6-5-7-13(14)19(15)23/h5-10H,4H2,1-3H3. The molecule has 0 unspecified atom stereocenters. The van der Waals surface area contributed by atoms with E-state index in [9.17, 15) is 14.4 Å². The van der Waals surface area contributed by atoms with Crippen LogP contribution in [0.5, 0.6) is 0 Å². The summed E-state index contributed by atoms with van der Waals surface area (Å²) in [7, 11) is 0. The molecule has 5 nitrogen and oxygen atoms in total. The predicted octanol–water partition coefficient (Wildman–Crippen LogP) is 3.51. The smallest absolute Gasteiger partial charge is 0.341 e. The number of esters is 1. The molecule has 1 aliphatic rings. The highest BCUT2D eigenvalue weighted by molar-refractivity contribution is 6.31. The fourth-order valence-electron chi connectivity index (χ4n) is 3.74. The van der Waals surface area contributed by atoms with Gasteiger partial charge in [-0.2, -0.15) is 0 Å². The van der Waals surface area contributed by atoms with Crippen molar-refractivity contribution >= 4 is 23.1 Å². The fourth-order valence-corrected chi connectivity index (χ4v) is 3.74. The summed E-state index contributed by atoms with van der Waals surface area (Å²) < 4.78 is 6.87. The third kappa shape index (κ3) is 2.07. The number of rotatable bonds is 2.